The van der Waals surface area contributed by atoms with E-state index < -0.39 is 23.5 Å². The SMILES string of the molecule is FC(F)(F)c1ccccc1-c1n[nH]c(-c2ccccc2C(F)(F)F)n1. The van der Waals surface area contributed by atoms with Gasteiger partial charge in [-0.1, -0.05) is 36.4 Å². The molecule has 2 aromatic carbocycles. The zero-order valence-electron chi connectivity index (χ0n) is 12.3. The molecule has 3 nitrogen and oxygen atoms in total. The maximum absolute atomic E-state index is 13.1. The highest BCUT2D eigenvalue weighted by Crippen LogP contribution is 2.38. The van der Waals surface area contributed by atoms with Crippen LogP contribution < -0.4 is 0 Å². The van der Waals surface area contributed by atoms with Gasteiger partial charge in [-0.25, -0.2) is 4.98 Å². The van der Waals surface area contributed by atoms with Crippen LogP contribution in [0.1, 0.15) is 11.1 Å². The van der Waals surface area contributed by atoms with Crippen molar-refractivity contribution in [3.8, 4) is 22.8 Å². The van der Waals surface area contributed by atoms with Crippen LogP contribution in [0.4, 0.5) is 26.3 Å². The van der Waals surface area contributed by atoms with Gasteiger partial charge in [-0.3, -0.25) is 5.10 Å². The number of aromatic amines is 1. The Kier molecular flexibility index (Phi) is 4.02. The minimum absolute atomic E-state index is 0.264. The second-order valence-corrected chi connectivity index (χ2v) is 5.09. The summed E-state index contributed by atoms with van der Waals surface area (Å²) in [6.45, 7) is 0. The zero-order valence-corrected chi connectivity index (χ0v) is 12.3. The molecule has 0 aliphatic carbocycles. The third kappa shape index (κ3) is 3.35. The molecule has 0 unspecified atom stereocenters. The first-order chi connectivity index (χ1) is 11.7. The highest BCUT2D eigenvalue weighted by atomic mass is 19.4. The monoisotopic (exact) mass is 357 g/mol. The second-order valence-electron chi connectivity index (χ2n) is 5.09. The standard InChI is InChI=1S/C16H9F6N3/c17-15(18,19)11-7-3-1-5-9(11)13-23-14(25-24-13)10-6-2-4-8-12(10)16(20,21)22/h1-8H,(H,23,24,25). The van der Waals surface area contributed by atoms with Crippen LogP contribution in [0.15, 0.2) is 48.5 Å². The van der Waals surface area contributed by atoms with Gasteiger partial charge in [-0.2, -0.15) is 31.4 Å². The maximum atomic E-state index is 13.1. The average molecular weight is 357 g/mol. The van der Waals surface area contributed by atoms with E-state index in [9.17, 15) is 26.3 Å². The van der Waals surface area contributed by atoms with Crippen LogP contribution in [0, 0.1) is 0 Å². The molecule has 0 saturated heterocycles. The number of halogens is 6. The Bertz CT molecular complexity index is 823. The minimum atomic E-state index is -4.64. The smallest absolute Gasteiger partial charge is 0.259 e. The molecule has 0 aliphatic heterocycles. The predicted molar refractivity (Wildman–Crippen MR) is 77.3 cm³/mol. The Morgan fingerprint density at radius 3 is 1.72 bits per heavy atom. The molecule has 1 aromatic heterocycles. The molecule has 25 heavy (non-hydrogen) atoms. The molecule has 0 aliphatic rings. The van der Waals surface area contributed by atoms with E-state index in [2.05, 4.69) is 15.2 Å². The fourth-order valence-electron chi connectivity index (χ4n) is 2.36. The number of nitrogens with zero attached hydrogens (tertiary/aromatic N) is 2. The fraction of sp³-hybridized carbons (Fsp3) is 0.125. The third-order valence-corrected chi connectivity index (χ3v) is 3.45. The van der Waals surface area contributed by atoms with Crippen molar-refractivity contribution in [2.24, 2.45) is 0 Å². The molecule has 1 N–H and O–H groups in total. The molecule has 130 valence electrons. The molecule has 0 bridgehead atoms. The van der Waals surface area contributed by atoms with E-state index in [-0.39, 0.29) is 22.8 Å². The molecular formula is C16H9F6N3. The lowest BCUT2D eigenvalue weighted by atomic mass is 10.1. The summed E-state index contributed by atoms with van der Waals surface area (Å²) >= 11 is 0. The van der Waals surface area contributed by atoms with Gasteiger partial charge in [0.05, 0.1) is 11.1 Å². The molecule has 0 spiro atoms. The molecule has 3 aromatic rings. The Hall–Kier alpha value is -2.84. The lowest BCUT2D eigenvalue weighted by molar-refractivity contribution is -0.137. The van der Waals surface area contributed by atoms with Crippen LogP contribution in [0.5, 0.6) is 0 Å². The summed E-state index contributed by atoms with van der Waals surface area (Å²) in [5.74, 6) is -0.597. The Morgan fingerprint density at radius 2 is 1.16 bits per heavy atom. The molecule has 1 heterocycles. The van der Waals surface area contributed by atoms with E-state index in [0.29, 0.717) is 0 Å². The zero-order chi connectivity index (χ0) is 18.2. The topological polar surface area (TPSA) is 41.6 Å². The molecule has 0 atom stereocenters. The van der Waals surface area contributed by atoms with Gasteiger partial charge in [-0.05, 0) is 12.1 Å². The van der Waals surface area contributed by atoms with Gasteiger partial charge in [0, 0.05) is 11.1 Å². The summed E-state index contributed by atoms with van der Waals surface area (Å²) in [6, 6.07) is 9.20. The maximum Gasteiger partial charge on any atom is 0.417 e. The third-order valence-electron chi connectivity index (χ3n) is 3.45. The largest absolute Gasteiger partial charge is 0.417 e. The molecule has 0 radical (unpaired) electrons. The summed E-state index contributed by atoms with van der Waals surface area (Å²) in [7, 11) is 0. The number of aromatic nitrogens is 3. The van der Waals surface area contributed by atoms with Gasteiger partial charge in [-0.15, -0.1) is 0 Å². The molecule has 3 rings (SSSR count). The van der Waals surface area contributed by atoms with Crippen molar-refractivity contribution in [2.75, 3.05) is 0 Å². The van der Waals surface area contributed by atoms with Crippen LogP contribution in [0.2, 0.25) is 0 Å². The van der Waals surface area contributed by atoms with Gasteiger partial charge in [0.25, 0.3) is 0 Å². The van der Waals surface area contributed by atoms with E-state index in [1.807, 2.05) is 0 Å². The van der Waals surface area contributed by atoms with Crippen LogP contribution in [-0.4, -0.2) is 15.2 Å². The minimum Gasteiger partial charge on any atom is -0.259 e. The number of hydrogen-bond acceptors (Lipinski definition) is 2. The summed E-state index contributed by atoms with van der Waals surface area (Å²) in [5, 5.41) is 5.94. The first-order valence-corrected chi connectivity index (χ1v) is 6.93. The van der Waals surface area contributed by atoms with Crippen LogP contribution >= 0.6 is 0 Å². The summed E-state index contributed by atoms with van der Waals surface area (Å²) in [5.41, 5.74) is -2.54. The van der Waals surface area contributed by atoms with E-state index in [1.54, 1.807) is 0 Å². The van der Waals surface area contributed by atoms with Gasteiger partial charge in [0.1, 0.15) is 0 Å². The van der Waals surface area contributed by atoms with Crippen molar-refractivity contribution in [2.45, 2.75) is 12.4 Å². The van der Waals surface area contributed by atoms with E-state index in [0.717, 1.165) is 18.2 Å². The average Bonchev–Trinajstić information content (AvgIpc) is 3.03. The first-order valence-electron chi connectivity index (χ1n) is 6.93. The van der Waals surface area contributed by atoms with Crippen molar-refractivity contribution in [1.82, 2.24) is 15.2 Å². The molecule has 9 heteroatoms. The van der Waals surface area contributed by atoms with Gasteiger partial charge < -0.3 is 0 Å². The summed E-state index contributed by atoms with van der Waals surface area (Å²) in [4.78, 5) is 3.83. The van der Waals surface area contributed by atoms with Crippen LogP contribution in [0.3, 0.4) is 0 Å². The van der Waals surface area contributed by atoms with Gasteiger partial charge in [0.2, 0.25) is 0 Å². The lowest BCUT2D eigenvalue weighted by Gasteiger charge is -2.10. The van der Waals surface area contributed by atoms with Crippen molar-refractivity contribution in [3.63, 3.8) is 0 Å². The van der Waals surface area contributed by atoms with E-state index in [4.69, 9.17) is 0 Å². The Labute approximate surface area is 137 Å². The molecule has 0 saturated carbocycles. The van der Waals surface area contributed by atoms with Gasteiger partial charge in [0.15, 0.2) is 11.6 Å². The summed E-state index contributed by atoms with van der Waals surface area (Å²) < 4.78 is 78.4. The van der Waals surface area contributed by atoms with Crippen molar-refractivity contribution in [1.29, 1.82) is 0 Å². The molecule has 0 fully saturated rings. The van der Waals surface area contributed by atoms with Gasteiger partial charge >= 0.3 is 12.4 Å². The Morgan fingerprint density at radius 1 is 0.680 bits per heavy atom. The van der Waals surface area contributed by atoms with Crippen molar-refractivity contribution in [3.05, 3.63) is 59.7 Å². The molecular weight excluding hydrogens is 348 g/mol. The lowest BCUT2D eigenvalue weighted by Crippen LogP contribution is -2.07. The van der Waals surface area contributed by atoms with E-state index in [1.165, 1.54) is 30.3 Å². The van der Waals surface area contributed by atoms with E-state index >= 15 is 0 Å². The van der Waals surface area contributed by atoms with Crippen molar-refractivity contribution < 1.29 is 26.3 Å². The number of nitrogens with one attached hydrogen (secondary N) is 1. The molecule has 0 amide bonds. The number of H-pyrrole nitrogens is 1. The van der Waals surface area contributed by atoms with Crippen LogP contribution in [0.25, 0.3) is 22.8 Å². The predicted octanol–water partition coefficient (Wildman–Crippen LogP) is 5.18. The number of alkyl halides is 6. The quantitative estimate of drug-likeness (QED) is 0.643. The highest BCUT2D eigenvalue weighted by molar-refractivity contribution is 5.66. The summed E-state index contributed by atoms with van der Waals surface area (Å²) in [6.07, 6.45) is -9.27. The van der Waals surface area contributed by atoms with Crippen LogP contribution in [-0.2, 0) is 12.4 Å². The number of rotatable bonds is 2. The first kappa shape index (κ1) is 17.0. The fourth-order valence-corrected chi connectivity index (χ4v) is 2.36. The number of hydrogen-bond donors (Lipinski definition) is 1. The normalized spacial score (nSPS) is 12.4. The van der Waals surface area contributed by atoms with Crippen molar-refractivity contribution >= 4 is 0 Å². The second kappa shape index (κ2) is 5.91. The number of benzene rings is 2. The highest BCUT2D eigenvalue weighted by Gasteiger charge is 2.36. The Balaban J connectivity index is 2.10.